The zero-order valence-corrected chi connectivity index (χ0v) is 15.2. The van der Waals surface area contributed by atoms with E-state index in [1.54, 1.807) is 53.4 Å². The molecule has 0 atom stereocenters. The maximum atomic E-state index is 12.4. The van der Waals surface area contributed by atoms with Crippen LogP contribution in [0.4, 0.5) is 0 Å². The summed E-state index contributed by atoms with van der Waals surface area (Å²) in [4.78, 5) is 26.0. The van der Waals surface area contributed by atoms with E-state index < -0.39 is 0 Å². The molecule has 0 saturated heterocycles. The van der Waals surface area contributed by atoms with Gasteiger partial charge in [0, 0.05) is 29.2 Å². The lowest BCUT2D eigenvalue weighted by Gasteiger charge is -2.19. The topological polar surface area (TPSA) is 70.4 Å². The fourth-order valence-electron chi connectivity index (χ4n) is 2.35. The molecule has 0 radical (unpaired) electrons. The van der Waals surface area contributed by atoms with Crippen molar-refractivity contribution in [3.63, 3.8) is 0 Å². The van der Waals surface area contributed by atoms with Crippen molar-refractivity contribution in [2.45, 2.75) is 13.3 Å². The van der Waals surface area contributed by atoms with Crippen molar-refractivity contribution < 1.29 is 14.3 Å². The van der Waals surface area contributed by atoms with E-state index in [0.717, 1.165) is 0 Å². The van der Waals surface area contributed by atoms with E-state index in [-0.39, 0.29) is 18.3 Å². The minimum absolute atomic E-state index is 0.107. The van der Waals surface area contributed by atoms with Crippen LogP contribution in [0.25, 0.3) is 0 Å². The molecule has 134 valence electrons. The van der Waals surface area contributed by atoms with Gasteiger partial charge < -0.3 is 9.64 Å². The highest BCUT2D eigenvalue weighted by molar-refractivity contribution is 6.30. The number of ketones is 1. The van der Waals surface area contributed by atoms with Crippen molar-refractivity contribution in [3.8, 4) is 11.8 Å². The summed E-state index contributed by atoms with van der Waals surface area (Å²) in [6.45, 7) is 2.66. The number of carbonyl (C=O) groups is 2. The number of nitriles is 1. The van der Waals surface area contributed by atoms with Crippen molar-refractivity contribution in [3.05, 3.63) is 64.7 Å². The lowest BCUT2D eigenvalue weighted by atomic mass is 10.0. The maximum Gasteiger partial charge on any atom is 0.260 e. The van der Waals surface area contributed by atoms with E-state index in [4.69, 9.17) is 21.6 Å². The Balaban J connectivity index is 1.95. The van der Waals surface area contributed by atoms with E-state index in [9.17, 15) is 9.59 Å². The van der Waals surface area contributed by atoms with Crippen LogP contribution in [0.5, 0.6) is 5.75 Å². The summed E-state index contributed by atoms with van der Waals surface area (Å²) in [6, 6.07) is 15.3. The summed E-state index contributed by atoms with van der Waals surface area (Å²) in [6.07, 6.45) is 0.293. The predicted molar refractivity (Wildman–Crippen MR) is 99.3 cm³/mol. The van der Waals surface area contributed by atoms with E-state index in [0.29, 0.717) is 41.4 Å². The lowest BCUT2D eigenvalue weighted by Crippen LogP contribution is -2.35. The summed E-state index contributed by atoms with van der Waals surface area (Å²) in [7, 11) is 0. The second-order valence-electron chi connectivity index (χ2n) is 5.53. The Labute approximate surface area is 157 Å². The van der Waals surface area contributed by atoms with E-state index in [1.165, 1.54) is 0 Å². The first-order chi connectivity index (χ1) is 12.5. The Morgan fingerprint density at radius 2 is 1.65 bits per heavy atom. The van der Waals surface area contributed by atoms with Crippen LogP contribution in [-0.4, -0.2) is 36.3 Å². The molecule has 5 nitrogen and oxygen atoms in total. The molecule has 0 aliphatic rings. The van der Waals surface area contributed by atoms with Gasteiger partial charge in [-0.05, 0) is 55.5 Å². The van der Waals surface area contributed by atoms with Gasteiger partial charge in [-0.2, -0.15) is 5.26 Å². The van der Waals surface area contributed by atoms with Gasteiger partial charge in [0.15, 0.2) is 12.4 Å². The molecule has 1 amide bonds. The molecular weight excluding hydrogens is 352 g/mol. The first-order valence-electron chi connectivity index (χ1n) is 8.23. The Kier molecular flexibility index (Phi) is 7.19. The maximum absolute atomic E-state index is 12.4. The van der Waals surface area contributed by atoms with Gasteiger partial charge in [0.1, 0.15) is 5.75 Å². The number of halogens is 1. The molecule has 2 aromatic rings. The minimum atomic E-state index is -0.177. The van der Waals surface area contributed by atoms with Crippen molar-refractivity contribution in [1.82, 2.24) is 4.90 Å². The van der Waals surface area contributed by atoms with Gasteiger partial charge in [-0.15, -0.1) is 0 Å². The Morgan fingerprint density at radius 3 is 2.19 bits per heavy atom. The van der Waals surface area contributed by atoms with Gasteiger partial charge in [0.25, 0.3) is 5.91 Å². The molecular formula is C20H19ClN2O3. The molecule has 0 saturated carbocycles. The number of hydrogen-bond donors (Lipinski definition) is 0. The Hall–Kier alpha value is -2.84. The zero-order valence-electron chi connectivity index (χ0n) is 14.4. The van der Waals surface area contributed by atoms with Crippen molar-refractivity contribution in [1.29, 1.82) is 5.26 Å². The van der Waals surface area contributed by atoms with Crippen molar-refractivity contribution in [2.75, 3.05) is 19.7 Å². The van der Waals surface area contributed by atoms with Crippen LogP contribution < -0.4 is 4.74 Å². The van der Waals surface area contributed by atoms with Gasteiger partial charge in [-0.1, -0.05) is 11.6 Å². The molecule has 0 bridgehead atoms. The average molecular weight is 371 g/mol. The van der Waals surface area contributed by atoms with E-state index >= 15 is 0 Å². The van der Waals surface area contributed by atoms with Crippen LogP contribution >= 0.6 is 11.6 Å². The second-order valence-corrected chi connectivity index (χ2v) is 5.97. The normalized spacial score (nSPS) is 10.0. The molecule has 0 fully saturated rings. The third kappa shape index (κ3) is 5.33. The molecule has 2 aromatic carbocycles. The van der Waals surface area contributed by atoms with Gasteiger partial charge >= 0.3 is 0 Å². The standard InChI is InChI=1S/C20H19ClN2O3/c1-2-23(13-3-12-22)19(24)14-26-18-10-6-16(7-11-18)20(25)15-4-8-17(21)9-5-15/h4-11H,2-3,13-14H2,1H3. The van der Waals surface area contributed by atoms with Crippen LogP contribution in [0.2, 0.25) is 5.02 Å². The number of benzene rings is 2. The molecule has 0 spiro atoms. The number of amides is 1. The van der Waals surface area contributed by atoms with Crippen LogP contribution in [0, 0.1) is 11.3 Å². The number of hydrogen-bond acceptors (Lipinski definition) is 4. The summed E-state index contributed by atoms with van der Waals surface area (Å²) >= 11 is 5.83. The third-order valence-electron chi connectivity index (χ3n) is 3.81. The predicted octanol–water partition coefficient (Wildman–Crippen LogP) is 3.71. The molecule has 0 N–H and O–H groups in total. The second kappa shape index (κ2) is 9.59. The van der Waals surface area contributed by atoms with Crippen molar-refractivity contribution >= 4 is 23.3 Å². The quantitative estimate of drug-likeness (QED) is 0.664. The van der Waals surface area contributed by atoms with Crippen LogP contribution in [-0.2, 0) is 4.79 Å². The molecule has 26 heavy (non-hydrogen) atoms. The zero-order chi connectivity index (χ0) is 18.9. The van der Waals surface area contributed by atoms with Gasteiger partial charge in [0.2, 0.25) is 0 Å². The lowest BCUT2D eigenvalue weighted by molar-refractivity contribution is -0.133. The molecule has 6 heteroatoms. The van der Waals surface area contributed by atoms with Crippen LogP contribution in [0.3, 0.4) is 0 Å². The largest absolute Gasteiger partial charge is 0.484 e. The highest BCUT2D eigenvalue weighted by Gasteiger charge is 2.13. The summed E-state index contributed by atoms with van der Waals surface area (Å²) in [5.74, 6) is 0.212. The SMILES string of the molecule is CCN(CCC#N)C(=O)COc1ccc(C(=O)c2ccc(Cl)cc2)cc1. The van der Waals surface area contributed by atoms with Crippen molar-refractivity contribution in [2.24, 2.45) is 0 Å². The smallest absolute Gasteiger partial charge is 0.260 e. The molecule has 0 aliphatic heterocycles. The number of ether oxygens (including phenoxy) is 1. The summed E-state index contributed by atoms with van der Waals surface area (Å²) in [5, 5.41) is 9.19. The van der Waals surface area contributed by atoms with Gasteiger partial charge in [-0.25, -0.2) is 0 Å². The fraction of sp³-hybridized carbons (Fsp3) is 0.250. The van der Waals surface area contributed by atoms with Crippen LogP contribution in [0.15, 0.2) is 48.5 Å². The fourth-order valence-corrected chi connectivity index (χ4v) is 2.48. The monoisotopic (exact) mass is 370 g/mol. The Morgan fingerprint density at radius 1 is 1.08 bits per heavy atom. The Bertz CT molecular complexity index is 795. The highest BCUT2D eigenvalue weighted by Crippen LogP contribution is 2.17. The first kappa shape index (κ1) is 19.5. The highest BCUT2D eigenvalue weighted by atomic mass is 35.5. The van der Waals surface area contributed by atoms with Gasteiger partial charge in [0.05, 0.1) is 12.5 Å². The van der Waals surface area contributed by atoms with E-state index in [2.05, 4.69) is 0 Å². The molecule has 0 aromatic heterocycles. The number of nitrogens with zero attached hydrogens (tertiary/aromatic N) is 2. The van der Waals surface area contributed by atoms with E-state index in [1.807, 2.05) is 13.0 Å². The minimum Gasteiger partial charge on any atom is -0.484 e. The number of rotatable bonds is 8. The number of carbonyl (C=O) groups excluding carboxylic acids is 2. The average Bonchev–Trinajstić information content (AvgIpc) is 2.67. The van der Waals surface area contributed by atoms with Gasteiger partial charge in [-0.3, -0.25) is 9.59 Å². The molecule has 0 heterocycles. The molecule has 0 unspecified atom stereocenters. The summed E-state index contributed by atoms with van der Waals surface area (Å²) < 4.78 is 5.48. The molecule has 2 rings (SSSR count). The first-order valence-corrected chi connectivity index (χ1v) is 8.60. The third-order valence-corrected chi connectivity index (χ3v) is 4.07. The van der Waals surface area contributed by atoms with Crippen LogP contribution in [0.1, 0.15) is 29.3 Å². The molecule has 0 aliphatic carbocycles. The summed E-state index contributed by atoms with van der Waals surface area (Å²) in [5.41, 5.74) is 1.07. The number of likely N-dealkylation sites (N-methyl/N-ethyl adjacent to an activating group) is 1.